The van der Waals surface area contributed by atoms with Crippen LogP contribution in [0.25, 0.3) is 10.2 Å². The number of carbonyl (C=O) groups excluding carboxylic acids is 1. The van der Waals surface area contributed by atoms with E-state index in [2.05, 4.69) is 14.9 Å². The minimum atomic E-state index is -0.302. The van der Waals surface area contributed by atoms with E-state index in [1.54, 1.807) is 6.92 Å². The first-order valence-corrected chi connectivity index (χ1v) is 9.12. The van der Waals surface area contributed by atoms with E-state index in [1.165, 1.54) is 23.1 Å². The van der Waals surface area contributed by atoms with Gasteiger partial charge < -0.3 is 14.4 Å². The Balaban J connectivity index is 2.06. The number of hydrogen-bond acceptors (Lipinski definition) is 8. The number of fused-ring (bicyclic) bond motifs is 1. The zero-order valence-corrected chi connectivity index (χ0v) is 14.1. The van der Waals surface area contributed by atoms with E-state index >= 15 is 0 Å². The molecule has 2 aromatic heterocycles. The van der Waals surface area contributed by atoms with Crippen LogP contribution in [0.15, 0.2) is 11.2 Å². The molecule has 1 aliphatic rings. The quantitative estimate of drug-likeness (QED) is 0.481. The molecule has 6 nitrogen and oxygen atoms in total. The molecule has 118 valence electrons. The van der Waals surface area contributed by atoms with Gasteiger partial charge in [-0.25, -0.2) is 14.8 Å². The Hall–Kier alpha value is -1.38. The summed E-state index contributed by atoms with van der Waals surface area (Å²) in [4.78, 5) is 24.7. The molecule has 0 N–H and O–H groups in total. The van der Waals surface area contributed by atoms with Crippen molar-refractivity contribution >= 4 is 45.1 Å². The first kappa shape index (κ1) is 15.5. The van der Waals surface area contributed by atoms with Crippen LogP contribution in [0.1, 0.15) is 16.6 Å². The Morgan fingerprint density at radius 1 is 1.45 bits per heavy atom. The van der Waals surface area contributed by atoms with Gasteiger partial charge in [0.1, 0.15) is 15.5 Å². The Morgan fingerprint density at radius 2 is 2.23 bits per heavy atom. The molecule has 3 rings (SSSR count). The number of carbonyl (C=O) groups is 1. The normalized spacial score (nSPS) is 15.3. The molecule has 3 heterocycles. The fourth-order valence-electron chi connectivity index (χ4n) is 2.30. The van der Waals surface area contributed by atoms with Crippen LogP contribution < -0.4 is 4.90 Å². The topological polar surface area (TPSA) is 64.5 Å². The van der Waals surface area contributed by atoms with Gasteiger partial charge in [-0.05, 0) is 19.2 Å². The van der Waals surface area contributed by atoms with Crippen molar-refractivity contribution in [1.29, 1.82) is 0 Å². The van der Waals surface area contributed by atoms with E-state index in [4.69, 9.17) is 9.47 Å². The summed E-state index contributed by atoms with van der Waals surface area (Å²) >= 11 is 2.86. The molecule has 22 heavy (non-hydrogen) atoms. The number of hydrogen-bond donors (Lipinski definition) is 0. The van der Waals surface area contributed by atoms with Crippen LogP contribution in [0.2, 0.25) is 0 Å². The molecule has 1 aliphatic heterocycles. The number of rotatable bonds is 4. The molecule has 0 saturated carbocycles. The zero-order chi connectivity index (χ0) is 15.5. The van der Waals surface area contributed by atoms with Crippen molar-refractivity contribution in [3.05, 3.63) is 10.9 Å². The van der Waals surface area contributed by atoms with Crippen LogP contribution >= 0.6 is 23.1 Å². The molecule has 0 aromatic carbocycles. The molecule has 0 unspecified atom stereocenters. The van der Waals surface area contributed by atoms with Crippen LogP contribution in [0, 0.1) is 0 Å². The van der Waals surface area contributed by atoms with E-state index in [0.717, 1.165) is 29.1 Å². The van der Waals surface area contributed by atoms with Crippen LogP contribution in [0.4, 0.5) is 5.82 Å². The highest BCUT2D eigenvalue weighted by Gasteiger charge is 2.21. The monoisotopic (exact) mass is 339 g/mol. The van der Waals surface area contributed by atoms with Gasteiger partial charge in [-0.1, -0.05) is 11.8 Å². The number of aromatic nitrogens is 2. The lowest BCUT2D eigenvalue weighted by Gasteiger charge is -2.28. The summed E-state index contributed by atoms with van der Waals surface area (Å²) < 4.78 is 10.5. The lowest BCUT2D eigenvalue weighted by Crippen LogP contribution is -2.37. The number of nitrogens with zero attached hydrogens (tertiary/aromatic N) is 3. The van der Waals surface area contributed by atoms with Crippen molar-refractivity contribution in [2.75, 3.05) is 44.1 Å². The van der Waals surface area contributed by atoms with E-state index in [9.17, 15) is 4.79 Å². The maximum absolute atomic E-state index is 12.0. The Morgan fingerprint density at radius 3 is 2.91 bits per heavy atom. The summed E-state index contributed by atoms with van der Waals surface area (Å²) in [7, 11) is 0. The van der Waals surface area contributed by atoms with Gasteiger partial charge in [-0.2, -0.15) is 0 Å². The highest BCUT2D eigenvalue weighted by atomic mass is 32.2. The van der Waals surface area contributed by atoms with E-state index in [1.807, 2.05) is 12.3 Å². The number of thioether (sulfide) groups is 1. The van der Waals surface area contributed by atoms with Crippen molar-refractivity contribution in [2.45, 2.75) is 12.1 Å². The van der Waals surface area contributed by atoms with Gasteiger partial charge in [0.2, 0.25) is 0 Å². The highest BCUT2D eigenvalue weighted by Crippen LogP contribution is 2.33. The summed E-state index contributed by atoms with van der Waals surface area (Å²) in [5.74, 6) is 0.577. The lowest BCUT2D eigenvalue weighted by molar-refractivity contribution is 0.0532. The number of esters is 1. The second-order valence-electron chi connectivity index (χ2n) is 4.68. The Labute approximate surface area is 136 Å². The molecule has 1 saturated heterocycles. The summed E-state index contributed by atoms with van der Waals surface area (Å²) in [6.07, 6.45) is 1.95. The standard InChI is InChI=1S/C14H17N3O3S2/c1-3-20-13(18)10-8-9-11(17-4-6-19-7-5-17)15-14(21-2)16-12(9)22-10/h8H,3-7H2,1-2H3. The zero-order valence-electron chi connectivity index (χ0n) is 12.5. The van der Waals surface area contributed by atoms with Crippen molar-refractivity contribution in [3.63, 3.8) is 0 Å². The third-order valence-electron chi connectivity index (χ3n) is 3.32. The van der Waals surface area contributed by atoms with E-state index in [-0.39, 0.29) is 5.97 Å². The minimum absolute atomic E-state index is 0.302. The van der Waals surface area contributed by atoms with Crippen LogP contribution in [-0.4, -0.2) is 55.1 Å². The van der Waals surface area contributed by atoms with E-state index in [0.29, 0.717) is 29.9 Å². The highest BCUT2D eigenvalue weighted by molar-refractivity contribution is 7.98. The van der Waals surface area contributed by atoms with Gasteiger partial charge in [-0.15, -0.1) is 11.3 Å². The van der Waals surface area contributed by atoms with E-state index < -0.39 is 0 Å². The average Bonchev–Trinajstić information content (AvgIpc) is 2.99. The number of anilines is 1. The molecule has 2 aromatic rings. The second-order valence-corrected chi connectivity index (χ2v) is 6.49. The first-order chi connectivity index (χ1) is 10.7. The van der Waals surface area contributed by atoms with Gasteiger partial charge in [0.25, 0.3) is 0 Å². The maximum Gasteiger partial charge on any atom is 0.348 e. The number of morpholine rings is 1. The van der Waals surface area contributed by atoms with Crippen molar-refractivity contribution in [2.24, 2.45) is 0 Å². The predicted molar refractivity (Wildman–Crippen MR) is 88.2 cm³/mol. The van der Waals surface area contributed by atoms with Crippen LogP contribution in [0.5, 0.6) is 0 Å². The second kappa shape index (κ2) is 6.80. The summed E-state index contributed by atoms with van der Waals surface area (Å²) in [5.41, 5.74) is 0. The molecule has 0 amide bonds. The third kappa shape index (κ3) is 3.04. The average molecular weight is 339 g/mol. The molecule has 1 fully saturated rings. The molecular weight excluding hydrogens is 322 g/mol. The fourth-order valence-corrected chi connectivity index (χ4v) is 3.64. The lowest BCUT2D eigenvalue weighted by atomic mass is 10.3. The number of thiophene rings is 1. The largest absolute Gasteiger partial charge is 0.462 e. The molecule has 8 heteroatoms. The van der Waals surface area contributed by atoms with Gasteiger partial charge in [0.15, 0.2) is 5.16 Å². The molecule has 0 atom stereocenters. The van der Waals surface area contributed by atoms with Crippen molar-refractivity contribution in [3.8, 4) is 0 Å². The summed E-state index contributed by atoms with van der Waals surface area (Å²) in [6, 6.07) is 1.84. The number of ether oxygens (including phenoxy) is 2. The maximum atomic E-state index is 12.0. The molecule has 0 spiro atoms. The van der Waals surface area contributed by atoms with Crippen molar-refractivity contribution in [1.82, 2.24) is 9.97 Å². The minimum Gasteiger partial charge on any atom is -0.462 e. The van der Waals surface area contributed by atoms with Gasteiger partial charge >= 0.3 is 5.97 Å². The predicted octanol–water partition coefficient (Wildman–Crippen LogP) is 2.43. The summed E-state index contributed by atoms with van der Waals surface area (Å²) in [6.45, 7) is 5.14. The molecular formula is C14H17N3O3S2. The molecule has 0 bridgehead atoms. The van der Waals surface area contributed by atoms with Crippen LogP contribution in [0.3, 0.4) is 0 Å². The Bertz CT molecular complexity index is 683. The molecule has 0 radical (unpaired) electrons. The summed E-state index contributed by atoms with van der Waals surface area (Å²) in [5, 5.41) is 1.62. The van der Waals surface area contributed by atoms with Gasteiger partial charge in [0, 0.05) is 13.1 Å². The first-order valence-electron chi connectivity index (χ1n) is 7.08. The fraction of sp³-hybridized carbons (Fsp3) is 0.500. The Kier molecular flexibility index (Phi) is 4.80. The molecule has 0 aliphatic carbocycles. The SMILES string of the molecule is CCOC(=O)c1cc2c(N3CCOCC3)nc(SC)nc2s1. The van der Waals surface area contributed by atoms with Crippen molar-refractivity contribution < 1.29 is 14.3 Å². The van der Waals surface area contributed by atoms with Gasteiger partial charge in [-0.3, -0.25) is 0 Å². The third-order valence-corrected chi connectivity index (χ3v) is 4.88. The van der Waals surface area contributed by atoms with Gasteiger partial charge in [0.05, 0.1) is 25.2 Å². The van der Waals surface area contributed by atoms with Crippen LogP contribution in [-0.2, 0) is 9.47 Å². The smallest absolute Gasteiger partial charge is 0.348 e.